The summed E-state index contributed by atoms with van der Waals surface area (Å²) in [5.74, 6) is -0.0142. The summed E-state index contributed by atoms with van der Waals surface area (Å²) >= 11 is 0. The number of ether oxygens (including phenoxy) is 2. The van der Waals surface area contributed by atoms with Crippen LogP contribution in [0, 0.1) is 5.82 Å². The number of halogens is 1. The van der Waals surface area contributed by atoms with Gasteiger partial charge in [-0.3, -0.25) is 9.36 Å². The molecule has 0 aliphatic heterocycles. The molecular weight excluding hydrogens is 513 g/mol. The van der Waals surface area contributed by atoms with Crippen LogP contribution in [0.4, 0.5) is 15.8 Å². The monoisotopic (exact) mass is 549 g/mol. The van der Waals surface area contributed by atoms with Gasteiger partial charge in [-0.25, -0.2) is 9.37 Å². The van der Waals surface area contributed by atoms with Crippen LogP contribution in [0.2, 0.25) is 18.1 Å². The van der Waals surface area contributed by atoms with Crippen molar-refractivity contribution in [2.45, 2.75) is 38.9 Å². The van der Waals surface area contributed by atoms with Gasteiger partial charge in [0.15, 0.2) is 19.9 Å². The van der Waals surface area contributed by atoms with Gasteiger partial charge in [-0.1, -0.05) is 39.0 Å². The van der Waals surface area contributed by atoms with Gasteiger partial charge in [0.2, 0.25) is 0 Å². The minimum atomic E-state index is -2.05. The molecule has 39 heavy (non-hydrogen) atoms. The third-order valence-corrected chi connectivity index (χ3v) is 11.9. The Morgan fingerprint density at radius 1 is 1.00 bits per heavy atom. The van der Waals surface area contributed by atoms with E-state index >= 15 is 4.39 Å². The van der Waals surface area contributed by atoms with Crippen molar-refractivity contribution < 1.29 is 18.3 Å². The molecule has 0 spiro atoms. The number of aromatic nitrogens is 2. The van der Waals surface area contributed by atoms with Gasteiger partial charge in [0.05, 0.1) is 43.1 Å². The van der Waals surface area contributed by atoms with Crippen LogP contribution in [0.5, 0.6) is 11.5 Å². The molecule has 3 aromatic carbocycles. The standard InChI is InChI=1S/C30H36FN3O4Si/c1-30(2,3)39(6,7)38-16-15-33(26-18-23(36-4)19-27(37-5)28(26)31)22-13-14-25-24(17-22)29(35)34(20-32-25)21-11-9-8-10-12-21/h8-14,17-20H,15-16H2,1-7H3. The smallest absolute Gasteiger partial charge is 0.265 e. The maximum absolute atomic E-state index is 15.7. The number of para-hydroxylation sites is 1. The van der Waals surface area contributed by atoms with E-state index < -0.39 is 14.1 Å². The molecule has 1 heterocycles. The molecule has 0 fully saturated rings. The summed E-state index contributed by atoms with van der Waals surface area (Å²) < 4.78 is 34.4. The van der Waals surface area contributed by atoms with Gasteiger partial charge in [0.25, 0.3) is 5.56 Å². The Morgan fingerprint density at radius 3 is 2.36 bits per heavy atom. The summed E-state index contributed by atoms with van der Waals surface area (Å²) in [6, 6.07) is 17.8. The third kappa shape index (κ3) is 5.84. The van der Waals surface area contributed by atoms with E-state index in [0.717, 1.165) is 0 Å². The molecule has 206 valence electrons. The lowest BCUT2D eigenvalue weighted by Crippen LogP contribution is -2.42. The fraction of sp³-hybridized carbons (Fsp3) is 0.333. The van der Waals surface area contributed by atoms with E-state index in [-0.39, 0.29) is 22.0 Å². The fourth-order valence-corrected chi connectivity index (χ4v) is 5.10. The van der Waals surface area contributed by atoms with Crippen molar-refractivity contribution in [1.29, 1.82) is 0 Å². The second kappa shape index (κ2) is 11.2. The summed E-state index contributed by atoms with van der Waals surface area (Å²) in [5, 5.41) is 0.448. The van der Waals surface area contributed by atoms with E-state index in [4.69, 9.17) is 13.9 Å². The molecule has 0 atom stereocenters. The largest absolute Gasteiger partial charge is 0.497 e. The molecule has 0 bridgehead atoms. The number of benzene rings is 3. The Labute approximate surface area is 229 Å². The number of nitrogens with zero attached hydrogens (tertiary/aromatic N) is 3. The van der Waals surface area contributed by atoms with Crippen molar-refractivity contribution >= 4 is 30.6 Å². The minimum absolute atomic E-state index is 0.0272. The van der Waals surface area contributed by atoms with Crippen LogP contribution in [-0.4, -0.2) is 45.2 Å². The first-order valence-corrected chi connectivity index (χ1v) is 15.8. The Kier molecular flexibility index (Phi) is 8.13. The summed E-state index contributed by atoms with van der Waals surface area (Å²) in [6.45, 7) is 11.6. The normalized spacial score (nSPS) is 12.0. The Hall–Kier alpha value is -3.69. The number of hydrogen-bond donors (Lipinski definition) is 0. The Morgan fingerprint density at radius 2 is 1.72 bits per heavy atom. The molecule has 0 aliphatic rings. The van der Waals surface area contributed by atoms with Gasteiger partial charge in [-0.05, 0) is 48.5 Å². The lowest BCUT2D eigenvalue weighted by Gasteiger charge is -2.37. The van der Waals surface area contributed by atoms with Crippen LogP contribution in [0.3, 0.4) is 0 Å². The summed E-state index contributed by atoms with van der Waals surface area (Å²) in [7, 11) is 0.886. The molecule has 7 nitrogen and oxygen atoms in total. The molecule has 0 saturated carbocycles. The first-order valence-electron chi connectivity index (χ1n) is 12.9. The fourth-order valence-electron chi connectivity index (χ4n) is 4.07. The number of rotatable bonds is 9. The zero-order valence-electron chi connectivity index (χ0n) is 23.6. The zero-order valence-corrected chi connectivity index (χ0v) is 24.6. The summed E-state index contributed by atoms with van der Waals surface area (Å²) in [5.41, 5.74) is 1.94. The van der Waals surface area contributed by atoms with E-state index in [0.29, 0.717) is 41.2 Å². The van der Waals surface area contributed by atoms with E-state index in [1.165, 1.54) is 31.2 Å². The van der Waals surface area contributed by atoms with Crippen molar-refractivity contribution in [2.75, 3.05) is 32.3 Å². The number of hydrogen-bond acceptors (Lipinski definition) is 6. The highest BCUT2D eigenvalue weighted by molar-refractivity contribution is 6.74. The maximum atomic E-state index is 15.7. The predicted octanol–water partition coefficient (Wildman–Crippen LogP) is 6.70. The van der Waals surface area contributed by atoms with Crippen LogP contribution in [0.1, 0.15) is 20.8 Å². The van der Waals surface area contributed by atoms with Gasteiger partial charge in [-0.2, -0.15) is 0 Å². The van der Waals surface area contributed by atoms with E-state index in [2.05, 4.69) is 38.8 Å². The third-order valence-electron chi connectivity index (χ3n) is 7.41. The van der Waals surface area contributed by atoms with Crippen LogP contribution in [-0.2, 0) is 4.43 Å². The number of fused-ring (bicyclic) bond motifs is 1. The molecule has 4 aromatic rings. The maximum Gasteiger partial charge on any atom is 0.265 e. The van der Waals surface area contributed by atoms with Crippen molar-refractivity contribution in [3.63, 3.8) is 0 Å². The topological polar surface area (TPSA) is 65.8 Å². The van der Waals surface area contributed by atoms with Crippen LogP contribution in [0.15, 0.2) is 71.8 Å². The molecule has 4 rings (SSSR count). The van der Waals surface area contributed by atoms with Crippen molar-refractivity contribution in [3.8, 4) is 17.2 Å². The predicted molar refractivity (Wildman–Crippen MR) is 157 cm³/mol. The van der Waals surface area contributed by atoms with E-state index in [9.17, 15) is 4.79 Å². The molecule has 0 aliphatic carbocycles. The first kappa shape index (κ1) is 28.3. The summed E-state index contributed by atoms with van der Waals surface area (Å²) in [4.78, 5) is 19.8. The molecule has 0 radical (unpaired) electrons. The van der Waals surface area contributed by atoms with Gasteiger partial charge < -0.3 is 18.8 Å². The molecule has 1 aromatic heterocycles. The van der Waals surface area contributed by atoms with E-state index in [1.807, 2.05) is 36.4 Å². The highest BCUT2D eigenvalue weighted by Gasteiger charge is 2.37. The van der Waals surface area contributed by atoms with Crippen molar-refractivity contribution in [1.82, 2.24) is 9.55 Å². The molecular formula is C30H36FN3O4Si. The SMILES string of the molecule is COc1cc(OC)c(F)c(N(CCO[Si](C)(C)C(C)(C)C)c2ccc3ncn(-c4ccccc4)c(=O)c3c2)c1. The molecule has 0 amide bonds. The molecule has 0 unspecified atom stereocenters. The molecule has 0 N–H and O–H groups in total. The highest BCUT2D eigenvalue weighted by atomic mass is 28.4. The van der Waals surface area contributed by atoms with Gasteiger partial charge >= 0.3 is 0 Å². The van der Waals surface area contributed by atoms with Crippen molar-refractivity contribution in [2.24, 2.45) is 0 Å². The Balaban J connectivity index is 1.83. The van der Waals surface area contributed by atoms with Crippen LogP contribution >= 0.6 is 0 Å². The van der Waals surface area contributed by atoms with Gasteiger partial charge in [0, 0.05) is 24.4 Å². The van der Waals surface area contributed by atoms with Gasteiger partial charge in [-0.15, -0.1) is 0 Å². The Bertz CT molecular complexity index is 1520. The number of methoxy groups -OCH3 is 2. The second-order valence-corrected chi connectivity index (χ2v) is 15.7. The number of anilines is 2. The molecule has 9 heteroatoms. The molecule has 0 saturated heterocycles. The lowest BCUT2D eigenvalue weighted by molar-refractivity contribution is 0.296. The lowest BCUT2D eigenvalue weighted by atomic mass is 10.1. The van der Waals surface area contributed by atoms with Crippen LogP contribution in [0.25, 0.3) is 16.6 Å². The zero-order chi connectivity index (χ0) is 28.4. The van der Waals surface area contributed by atoms with Gasteiger partial charge in [0.1, 0.15) is 12.1 Å². The highest BCUT2D eigenvalue weighted by Crippen LogP contribution is 2.39. The quantitative estimate of drug-likeness (QED) is 0.217. The van der Waals surface area contributed by atoms with E-state index in [1.54, 1.807) is 23.1 Å². The van der Waals surface area contributed by atoms with Crippen molar-refractivity contribution in [3.05, 3.63) is 83.2 Å². The average molecular weight is 550 g/mol. The summed E-state index contributed by atoms with van der Waals surface area (Å²) in [6.07, 6.45) is 1.52. The minimum Gasteiger partial charge on any atom is -0.497 e. The van der Waals surface area contributed by atoms with Crippen LogP contribution < -0.4 is 19.9 Å². The second-order valence-electron chi connectivity index (χ2n) is 10.9. The average Bonchev–Trinajstić information content (AvgIpc) is 2.91. The first-order chi connectivity index (χ1) is 18.5.